The molecule has 9 heteroatoms. The Bertz CT molecular complexity index is 761. The fourth-order valence-electron chi connectivity index (χ4n) is 1.99. The van der Waals surface area contributed by atoms with Crippen molar-refractivity contribution in [2.75, 3.05) is 20.8 Å². The SMILES string of the molecule is COC(=O)CCCNC(=O)c1cc(COc2ccc(OC)cc2Cl)on1. The zero-order valence-electron chi connectivity index (χ0n) is 14.4. The summed E-state index contributed by atoms with van der Waals surface area (Å²) in [5.41, 5.74) is 0.127. The molecule has 0 atom stereocenters. The maximum atomic E-state index is 11.9. The van der Waals surface area contributed by atoms with Gasteiger partial charge >= 0.3 is 5.97 Å². The first-order valence-corrected chi connectivity index (χ1v) is 8.18. The lowest BCUT2D eigenvalue weighted by atomic mass is 10.3. The quantitative estimate of drug-likeness (QED) is 0.525. The summed E-state index contributed by atoms with van der Waals surface area (Å²) in [5.74, 6) is 0.729. The van der Waals surface area contributed by atoms with Gasteiger partial charge in [0.1, 0.15) is 18.1 Å². The first kappa shape index (κ1) is 19.6. The van der Waals surface area contributed by atoms with Crippen LogP contribution in [0.25, 0.3) is 0 Å². The molecule has 0 radical (unpaired) electrons. The number of ether oxygens (including phenoxy) is 3. The molecular formula is C17H19ClN2O6. The molecule has 0 aliphatic heterocycles. The van der Waals surface area contributed by atoms with E-state index >= 15 is 0 Å². The highest BCUT2D eigenvalue weighted by molar-refractivity contribution is 6.32. The highest BCUT2D eigenvalue weighted by Crippen LogP contribution is 2.29. The topological polar surface area (TPSA) is 99.9 Å². The van der Waals surface area contributed by atoms with Crippen LogP contribution >= 0.6 is 11.6 Å². The summed E-state index contributed by atoms with van der Waals surface area (Å²) >= 11 is 6.09. The van der Waals surface area contributed by atoms with E-state index in [2.05, 4.69) is 15.2 Å². The van der Waals surface area contributed by atoms with Gasteiger partial charge in [-0.3, -0.25) is 9.59 Å². The van der Waals surface area contributed by atoms with Gasteiger partial charge in [-0.2, -0.15) is 0 Å². The Hall–Kier alpha value is -2.74. The third-order valence-electron chi connectivity index (χ3n) is 3.37. The molecule has 0 bridgehead atoms. The van der Waals surface area contributed by atoms with Crippen molar-refractivity contribution in [3.05, 3.63) is 40.7 Å². The molecule has 26 heavy (non-hydrogen) atoms. The second kappa shape index (κ2) is 9.67. The number of nitrogens with one attached hydrogen (secondary N) is 1. The molecule has 2 aromatic rings. The van der Waals surface area contributed by atoms with Crippen LogP contribution in [-0.2, 0) is 16.1 Å². The van der Waals surface area contributed by atoms with Gasteiger partial charge in [-0.25, -0.2) is 0 Å². The van der Waals surface area contributed by atoms with Gasteiger partial charge in [0, 0.05) is 25.1 Å². The second-order valence-electron chi connectivity index (χ2n) is 5.20. The van der Waals surface area contributed by atoms with Crippen molar-refractivity contribution in [1.29, 1.82) is 0 Å². The van der Waals surface area contributed by atoms with Crippen LogP contribution in [0.1, 0.15) is 29.1 Å². The highest BCUT2D eigenvalue weighted by atomic mass is 35.5. The van der Waals surface area contributed by atoms with Gasteiger partial charge in [0.2, 0.25) is 0 Å². The lowest BCUT2D eigenvalue weighted by Gasteiger charge is -2.07. The molecule has 1 aromatic heterocycles. The van der Waals surface area contributed by atoms with Crippen molar-refractivity contribution in [2.45, 2.75) is 19.4 Å². The van der Waals surface area contributed by atoms with Crippen molar-refractivity contribution in [1.82, 2.24) is 10.5 Å². The van der Waals surface area contributed by atoms with Crippen LogP contribution in [-0.4, -0.2) is 37.8 Å². The number of benzene rings is 1. The van der Waals surface area contributed by atoms with E-state index < -0.39 is 5.91 Å². The van der Waals surface area contributed by atoms with Crippen LogP contribution in [0.3, 0.4) is 0 Å². The van der Waals surface area contributed by atoms with Gasteiger partial charge in [-0.1, -0.05) is 16.8 Å². The van der Waals surface area contributed by atoms with E-state index in [0.29, 0.717) is 35.2 Å². The summed E-state index contributed by atoms with van der Waals surface area (Å²) in [6, 6.07) is 6.50. The maximum Gasteiger partial charge on any atom is 0.305 e. The molecule has 140 valence electrons. The Morgan fingerprint density at radius 2 is 2.08 bits per heavy atom. The second-order valence-corrected chi connectivity index (χ2v) is 5.61. The molecule has 1 N–H and O–H groups in total. The Labute approximate surface area is 155 Å². The number of rotatable bonds is 9. The number of methoxy groups -OCH3 is 2. The fraction of sp³-hybridized carbons (Fsp3) is 0.353. The van der Waals surface area contributed by atoms with Crippen LogP contribution in [0.5, 0.6) is 11.5 Å². The molecule has 0 fully saturated rings. The van der Waals surface area contributed by atoms with E-state index in [4.69, 9.17) is 25.6 Å². The number of hydrogen-bond acceptors (Lipinski definition) is 7. The summed E-state index contributed by atoms with van der Waals surface area (Å²) < 4.78 is 20.2. The average molecular weight is 383 g/mol. The van der Waals surface area contributed by atoms with E-state index in [1.165, 1.54) is 13.2 Å². The minimum Gasteiger partial charge on any atom is -0.497 e. The molecule has 0 saturated carbocycles. The largest absolute Gasteiger partial charge is 0.497 e. The number of hydrogen-bond donors (Lipinski definition) is 1. The van der Waals surface area contributed by atoms with Crippen LogP contribution in [0.15, 0.2) is 28.8 Å². The molecule has 1 amide bonds. The summed E-state index contributed by atoms with van der Waals surface area (Å²) in [6.07, 6.45) is 0.708. The first-order chi connectivity index (χ1) is 12.5. The minimum absolute atomic E-state index is 0.0642. The Morgan fingerprint density at radius 1 is 1.27 bits per heavy atom. The van der Waals surface area contributed by atoms with Gasteiger partial charge in [0.25, 0.3) is 5.91 Å². The van der Waals surface area contributed by atoms with Crippen LogP contribution in [0, 0.1) is 0 Å². The number of halogens is 1. The fourth-order valence-corrected chi connectivity index (χ4v) is 2.21. The first-order valence-electron chi connectivity index (χ1n) is 7.80. The smallest absolute Gasteiger partial charge is 0.305 e. The summed E-state index contributed by atoms with van der Waals surface area (Å²) in [6.45, 7) is 0.392. The predicted octanol–water partition coefficient (Wildman–Crippen LogP) is 2.60. The molecule has 1 heterocycles. The third kappa shape index (κ3) is 5.66. The zero-order chi connectivity index (χ0) is 18.9. The maximum absolute atomic E-state index is 11.9. The zero-order valence-corrected chi connectivity index (χ0v) is 15.2. The van der Waals surface area contributed by atoms with E-state index in [1.807, 2.05) is 0 Å². The van der Waals surface area contributed by atoms with Gasteiger partial charge in [-0.05, 0) is 18.6 Å². The molecule has 0 spiro atoms. The molecule has 0 saturated heterocycles. The molecule has 8 nitrogen and oxygen atoms in total. The summed E-state index contributed by atoms with van der Waals surface area (Å²) in [5, 5.41) is 6.73. The molecule has 1 aromatic carbocycles. The molecule has 0 aliphatic carbocycles. The number of esters is 1. The number of amides is 1. The lowest BCUT2D eigenvalue weighted by molar-refractivity contribution is -0.140. The minimum atomic E-state index is -0.396. The predicted molar refractivity (Wildman–Crippen MR) is 92.4 cm³/mol. The summed E-state index contributed by atoms with van der Waals surface area (Å²) in [4.78, 5) is 22.9. The van der Waals surface area contributed by atoms with Crippen molar-refractivity contribution < 1.29 is 28.3 Å². The van der Waals surface area contributed by atoms with E-state index in [-0.39, 0.29) is 24.7 Å². The Balaban J connectivity index is 1.81. The number of aromatic nitrogens is 1. The van der Waals surface area contributed by atoms with Crippen molar-refractivity contribution >= 4 is 23.5 Å². The molecule has 2 rings (SSSR count). The van der Waals surface area contributed by atoms with E-state index in [1.54, 1.807) is 25.3 Å². The van der Waals surface area contributed by atoms with E-state index in [9.17, 15) is 9.59 Å². The van der Waals surface area contributed by atoms with Crippen LogP contribution in [0.4, 0.5) is 0 Å². The monoisotopic (exact) mass is 382 g/mol. The van der Waals surface area contributed by atoms with Gasteiger partial charge in [0.15, 0.2) is 11.5 Å². The Kier molecular flexibility index (Phi) is 7.28. The summed E-state index contributed by atoms with van der Waals surface area (Å²) in [7, 11) is 2.86. The van der Waals surface area contributed by atoms with Crippen molar-refractivity contribution in [3.8, 4) is 11.5 Å². The molecule has 0 unspecified atom stereocenters. The normalized spacial score (nSPS) is 10.3. The third-order valence-corrected chi connectivity index (χ3v) is 3.67. The van der Waals surface area contributed by atoms with Crippen LogP contribution < -0.4 is 14.8 Å². The van der Waals surface area contributed by atoms with Crippen molar-refractivity contribution in [3.63, 3.8) is 0 Å². The Morgan fingerprint density at radius 3 is 2.77 bits per heavy atom. The average Bonchev–Trinajstić information content (AvgIpc) is 3.12. The van der Waals surface area contributed by atoms with E-state index in [0.717, 1.165) is 0 Å². The highest BCUT2D eigenvalue weighted by Gasteiger charge is 2.13. The van der Waals surface area contributed by atoms with Gasteiger partial charge in [-0.15, -0.1) is 0 Å². The van der Waals surface area contributed by atoms with Crippen molar-refractivity contribution in [2.24, 2.45) is 0 Å². The lowest BCUT2D eigenvalue weighted by Crippen LogP contribution is -2.25. The number of carbonyl (C=O) groups is 2. The molecule has 0 aliphatic rings. The number of nitrogens with zero attached hydrogens (tertiary/aromatic N) is 1. The molecular weight excluding hydrogens is 364 g/mol. The van der Waals surface area contributed by atoms with Gasteiger partial charge < -0.3 is 24.1 Å². The number of carbonyl (C=O) groups excluding carboxylic acids is 2. The van der Waals surface area contributed by atoms with Crippen LogP contribution in [0.2, 0.25) is 5.02 Å². The standard InChI is InChI=1S/C17H19ClN2O6/c1-23-11-5-6-15(13(18)8-11)25-10-12-9-14(20-26-12)17(22)19-7-3-4-16(21)24-2/h5-6,8-9H,3-4,7,10H2,1-2H3,(H,19,22). The van der Waals surface area contributed by atoms with Gasteiger partial charge in [0.05, 0.1) is 19.2 Å².